The zero-order chi connectivity index (χ0) is 16.5. The number of halogens is 2. The van der Waals surface area contributed by atoms with E-state index in [1.165, 1.54) is 6.08 Å². The van der Waals surface area contributed by atoms with Crippen molar-refractivity contribution in [2.24, 2.45) is 0 Å². The number of rotatable bonds is 0. The topological polar surface area (TPSA) is 33.2 Å². The van der Waals surface area contributed by atoms with Gasteiger partial charge in [-0.3, -0.25) is 0 Å². The third kappa shape index (κ3) is 1.48. The van der Waals surface area contributed by atoms with Crippen LogP contribution in [0.5, 0.6) is 0 Å². The monoisotopic (exact) mass is 328 g/mol. The van der Waals surface area contributed by atoms with Crippen molar-refractivity contribution in [3.05, 3.63) is 65.4 Å². The Bertz CT molecular complexity index is 929. The van der Waals surface area contributed by atoms with Crippen molar-refractivity contribution in [3.8, 4) is 0 Å². The van der Waals surface area contributed by atoms with Gasteiger partial charge in [0, 0.05) is 25.0 Å². The van der Waals surface area contributed by atoms with E-state index in [1.807, 2.05) is 6.08 Å². The normalized spacial score (nSPS) is 30.3. The van der Waals surface area contributed by atoms with Crippen molar-refractivity contribution in [1.29, 1.82) is 0 Å². The van der Waals surface area contributed by atoms with Gasteiger partial charge in [-0.2, -0.15) is 0 Å². The summed E-state index contributed by atoms with van der Waals surface area (Å²) in [6.07, 6.45) is 6.50. The standard InChI is InChI=1S/C18H14F2N2O2/c19-11-9-12-16(13(20)10-11)14-5-1-3-7-21(14)18(12)22-8-4-2-6-15(22)17(23)24-18/h2-4,6-9,13H,1,5,10H2/q+2. The molecule has 4 heterocycles. The predicted molar refractivity (Wildman–Crippen MR) is 79.4 cm³/mol. The molecule has 2 unspecified atom stereocenters. The Morgan fingerprint density at radius 1 is 1.33 bits per heavy atom. The SMILES string of the molecule is O=C1OC2(C3=C(C4=[N+]2C=CCC4)C(F)CC(F)=C3)[n+]2ccccc21. The first-order valence-electron chi connectivity index (χ1n) is 7.94. The number of fused-ring (bicyclic) bond motifs is 5. The number of esters is 1. The van der Waals surface area contributed by atoms with Gasteiger partial charge in [0.05, 0.1) is 5.57 Å². The predicted octanol–water partition coefficient (Wildman–Crippen LogP) is 2.42. The van der Waals surface area contributed by atoms with Crippen molar-refractivity contribution >= 4 is 11.7 Å². The number of alkyl halides is 1. The molecule has 1 spiro atoms. The lowest BCUT2D eigenvalue weighted by Gasteiger charge is -2.17. The maximum Gasteiger partial charge on any atom is 0.557 e. The van der Waals surface area contributed by atoms with E-state index < -0.39 is 23.8 Å². The van der Waals surface area contributed by atoms with Gasteiger partial charge < -0.3 is 4.74 Å². The highest BCUT2D eigenvalue weighted by Gasteiger charge is 2.72. The summed E-state index contributed by atoms with van der Waals surface area (Å²) in [7, 11) is 0. The molecule has 4 nitrogen and oxygen atoms in total. The molecule has 1 aromatic heterocycles. The van der Waals surface area contributed by atoms with Crippen molar-refractivity contribution in [1.82, 2.24) is 0 Å². The molecule has 0 bridgehead atoms. The summed E-state index contributed by atoms with van der Waals surface area (Å²) in [6.45, 7) is 0. The van der Waals surface area contributed by atoms with Gasteiger partial charge >= 0.3 is 17.5 Å². The first kappa shape index (κ1) is 13.8. The highest BCUT2D eigenvalue weighted by molar-refractivity contribution is 6.01. The molecular formula is C18H14F2N2O2+2. The molecule has 0 saturated carbocycles. The fourth-order valence-corrected chi connectivity index (χ4v) is 4.08. The Labute approximate surface area is 136 Å². The lowest BCUT2D eigenvalue weighted by molar-refractivity contribution is -0.932. The van der Waals surface area contributed by atoms with Gasteiger partial charge in [0.1, 0.15) is 12.0 Å². The van der Waals surface area contributed by atoms with Gasteiger partial charge in [-0.05, 0) is 24.6 Å². The Balaban J connectivity index is 1.87. The Morgan fingerprint density at radius 3 is 3.08 bits per heavy atom. The number of ether oxygens (including phenoxy) is 1. The number of allylic oxidation sites excluding steroid dienone is 3. The molecule has 0 N–H and O–H groups in total. The quantitative estimate of drug-likeness (QED) is 0.541. The molecule has 0 fully saturated rings. The number of aromatic nitrogens is 1. The average Bonchev–Trinajstić information content (AvgIpc) is 3.03. The second-order valence-corrected chi connectivity index (χ2v) is 6.28. The van der Waals surface area contributed by atoms with E-state index in [9.17, 15) is 13.6 Å². The maximum atomic E-state index is 14.7. The molecule has 1 aliphatic carbocycles. The van der Waals surface area contributed by atoms with Crippen molar-refractivity contribution in [2.45, 2.75) is 31.3 Å². The van der Waals surface area contributed by atoms with Crippen LogP contribution < -0.4 is 4.57 Å². The van der Waals surface area contributed by atoms with Crippen LogP contribution in [0.3, 0.4) is 0 Å². The van der Waals surface area contributed by atoms with Gasteiger partial charge in [-0.15, -0.1) is 0 Å². The molecule has 5 rings (SSSR count). The number of pyridine rings is 1. The van der Waals surface area contributed by atoms with Gasteiger partial charge in [-0.25, -0.2) is 13.6 Å². The van der Waals surface area contributed by atoms with Gasteiger partial charge in [0.15, 0.2) is 23.7 Å². The average molecular weight is 328 g/mol. The largest absolute Gasteiger partial charge is 0.557 e. The molecular weight excluding hydrogens is 314 g/mol. The van der Waals surface area contributed by atoms with Crippen LogP contribution in [-0.4, -0.2) is 22.4 Å². The van der Waals surface area contributed by atoms with Crippen LogP contribution in [0.15, 0.2) is 59.7 Å². The lowest BCUT2D eigenvalue weighted by atomic mass is 9.90. The first-order valence-corrected chi connectivity index (χ1v) is 7.94. The molecule has 0 radical (unpaired) electrons. The van der Waals surface area contributed by atoms with Crippen LogP contribution in [0.4, 0.5) is 8.78 Å². The fourth-order valence-electron chi connectivity index (χ4n) is 4.08. The zero-order valence-electron chi connectivity index (χ0n) is 12.7. The fraction of sp³-hybridized carbons (Fsp3) is 0.278. The number of hydrogen-bond acceptors (Lipinski definition) is 2. The molecule has 0 aromatic carbocycles. The summed E-state index contributed by atoms with van der Waals surface area (Å²) in [5.41, 5.74) is 1.96. The Kier molecular flexibility index (Phi) is 2.56. The van der Waals surface area contributed by atoms with Gasteiger partial charge in [0.25, 0.3) is 0 Å². The molecule has 4 aliphatic rings. The molecule has 0 saturated heterocycles. The molecule has 2 atom stereocenters. The molecule has 6 heteroatoms. The molecule has 120 valence electrons. The number of carbonyl (C=O) groups is 1. The second-order valence-electron chi connectivity index (χ2n) is 6.28. The van der Waals surface area contributed by atoms with Gasteiger partial charge in [0.2, 0.25) is 0 Å². The molecule has 3 aliphatic heterocycles. The van der Waals surface area contributed by atoms with Crippen LogP contribution >= 0.6 is 0 Å². The Morgan fingerprint density at radius 2 is 2.21 bits per heavy atom. The van der Waals surface area contributed by atoms with E-state index in [0.717, 1.165) is 12.1 Å². The summed E-state index contributed by atoms with van der Waals surface area (Å²) in [5.74, 6) is -2.40. The van der Waals surface area contributed by atoms with E-state index in [1.54, 1.807) is 39.7 Å². The third-order valence-corrected chi connectivity index (χ3v) is 4.99. The summed E-state index contributed by atoms with van der Waals surface area (Å²) in [5, 5.41) is 0. The molecule has 1 aromatic rings. The number of carbonyl (C=O) groups excluding carboxylic acids is 1. The summed E-state index contributed by atoms with van der Waals surface area (Å²) >= 11 is 0. The Hall–Kier alpha value is -2.63. The van der Waals surface area contributed by atoms with Crippen LogP contribution in [0.25, 0.3) is 0 Å². The summed E-state index contributed by atoms with van der Waals surface area (Å²) < 4.78 is 38.0. The van der Waals surface area contributed by atoms with Crippen molar-refractivity contribution < 1.29 is 27.5 Å². The van der Waals surface area contributed by atoms with Crippen molar-refractivity contribution in [2.75, 3.05) is 0 Å². The molecule has 0 amide bonds. The van der Waals surface area contributed by atoms with E-state index in [2.05, 4.69) is 0 Å². The van der Waals surface area contributed by atoms with E-state index in [0.29, 0.717) is 23.3 Å². The van der Waals surface area contributed by atoms with Gasteiger partial charge in [-0.1, -0.05) is 9.14 Å². The minimum absolute atomic E-state index is 0.268. The highest BCUT2D eigenvalue weighted by Crippen LogP contribution is 2.45. The van der Waals surface area contributed by atoms with E-state index in [4.69, 9.17) is 4.74 Å². The van der Waals surface area contributed by atoms with Crippen LogP contribution in [0, 0.1) is 0 Å². The minimum Gasteiger partial charge on any atom is -0.331 e. The van der Waals surface area contributed by atoms with E-state index in [-0.39, 0.29) is 6.42 Å². The zero-order valence-corrected chi connectivity index (χ0v) is 12.7. The third-order valence-electron chi connectivity index (χ3n) is 4.99. The minimum atomic E-state index is -1.43. The maximum absolute atomic E-state index is 14.7. The second kappa shape index (κ2) is 4.47. The van der Waals surface area contributed by atoms with E-state index >= 15 is 0 Å². The van der Waals surface area contributed by atoms with Crippen LogP contribution in [0.2, 0.25) is 0 Å². The van der Waals surface area contributed by atoms with Crippen LogP contribution in [-0.2, 0) is 10.6 Å². The van der Waals surface area contributed by atoms with Crippen LogP contribution in [0.1, 0.15) is 29.8 Å². The molecule has 24 heavy (non-hydrogen) atoms. The summed E-state index contributed by atoms with van der Waals surface area (Å²) in [4.78, 5) is 12.4. The first-order chi connectivity index (χ1) is 11.6. The highest BCUT2D eigenvalue weighted by atomic mass is 19.1. The van der Waals surface area contributed by atoms with Crippen molar-refractivity contribution in [3.63, 3.8) is 0 Å². The number of hydrogen-bond donors (Lipinski definition) is 0. The smallest absolute Gasteiger partial charge is 0.331 e. The lowest BCUT2D eigenvalue weighted by Crippen LogP contribution is -2.60. The number of nitrogens with zero attached hydrogens (tertiary/aromatic N) is 2. The summed E-state index contributed by atoms with van der Waals surface area (Å²) in [6, 6.07) is 5.16.